The summed E-state index contributed by atoms with van der Waals surface area (Å²) in [5.74, 6) is -1.29. The van der Waals surface area contributed by atoms with E-state index in [1.165, 1.54) is 6.92 Å². The van der Waals surface area contributed by atoms with Crippen LogP contribution >= 0.6 is 0 Å². The monoisotopic (exact) mass is 361 g/mol. The number of carbonyl (C=O) groups is 4. The Morgan fingerprint density at radius 2 is 2.00 bits per heavy atom. The van der Waals surface area contributed by atoms with Crippen LogP contribution in [0, 0.1) is 0 Å². The molecule has 1 fully saturated rings. The molecule has 1 aromatic rings. The van der Waals surface area contributed by atoms with E-state index in [4.69, 9.17) is 4.74 Å². The second-order valence-electron chi connectivity index (χ2n) is 7.09. The summed E-state index contributed by atoms with van der Waals surface area (Å²) in [7, 11) is 0. The third kappa shape index (κ3) is 5.30. The van der Waals surface area contributed by atoms with Gasteiger partial charge in [-0.3, -0.25) is 24.6 Å². The van der Waals surface area contributed by atoms with Crippen molar-refractivity contribution in [2.75, 3.05) is 11.9 Å². The number of hydrogen-bond donors (Lipinski definition) is 2. The van der Waals surface area contributed by atoms with E-state index in [1.54, 1.807) is 45.0 Å². The smallest absolute Gasteiger partial charge is 0.412 e. The van der Waals surface area contributed by atoms with E-state index in [-0.39, 0.29) is 18.9 Å². The van der Waals surface area contributed by atoms with E-state index in [2.05, 4.69) is 10.6 Å². The van der Waals surface area contributed by atoms with Gasteiger partial charge in [0.05, 0.1) is 0 Å². The third-order valence-corrected chi connectivity index (χ3v) is 3.59. The summed E-state index contributed by atoms with van der Waals surface area (Å²) in [6, 6.07) is 6.05. The molecule has 1 aromatic carbocycles. The molecule has 8 heteroatoms. The van der Waals surface area contributed by atoms with Crippen molar-refractivity contribution in [2.45, 2.75) is 45.8 Å². The van der Waals surface area contributed by atoms with Crippen LogP contribution in [0.1, 0.15) is 33.3 Å². The van der Waals surface area contributed by atoms with E-state index in [0.717, 1.165) is 10.5 Å². The summed E-state index contributed by atoms with van der Waals surface area (Å²) in [6.45, 7) is 6.28. The zero-order chi connectivity index (χ0) is 19.5. The molecular weight excluding hydrogens is 338 g/mol. The first-order valence-corrected chi connectivity index (χ1v) is 8.25. The Labute approximate surface area is 151 Å². The second-order valence-corrected chi connectivity index (χ2v) is 7.09. The standard InChI is InChI=1S/C18H23N3O5/c1-11(22)21-10-15(23)20-14(16(21)24)9-12-6-5-7-13(8-12)19-17(25)26-18(2,3)4/h5-8,14H,9-10H2,1-4H3,(H,19,25)(H,20,23). The molecule has 1 aliphatic heterocycles. The van der Waals surface area contributed by atoms with Crippen molar-refractivity contribution in [3.05, 3.63) is 29.8 Å². The fourth-order valence-corrected chi connectivity index (χ4v) is 2.55. The molecule has 2 N–H and O–H groups in total. The molecule has 1 heterocycles. The van der Waals surface area contributed by atoms with E-state index >= 15 is 0 Å². The quantitative estimate of drug-likeness (QED) is 0.848. The van der Waals surface area contributed by atoms with Gasteiger partial charge in [-0.05, 0) is 38.5 Å². The molecular formula is C18H23N3O5. The lowest BCUT2D eigenvalue weighted by atomic mass is 10.0. The van der Waals surface area contributed by atoms with Gasteiger partial charge in [-0.1, -0.05) is 12.1 Å². The molecule has 8 nitrogen and oxygen atoms in total. The van der Waals surface area contributed by atoms with Crippen LogP contribution in [0.3, 0.4) is 0 Å². The Kier molecular flexibility index (Phi) is 5.64. The Bertz CT molecular complexity index is 739. The third-order valence-electron chi connectivity index (χ3n) is 3.59. The first kappa shape index (κ1) is 19.4. The van der Waals surface area contributed by atoms with Crippen LogP contribution in [0.4, 0.5) is 10.5 Å². The summed E-state index contributed by atoms with van der Waals surface area (Å²) >= 11 is 0. The highest BCUT2D eigenvalue weighted by molar-refractivity contribution is 6.04. The largest absolute Gasteiger partial charge is 0.444 e. The van der Waals surface area contributed by atoms with Gasteiger partial charge in [-0.15, -0.1) is 0 Å². The molecule has 1 saturated heterocycles. The summed E-state index contributed by atoms with van der Waals surface area (Å²) in [5, 5.41) is 5.22. The highest BCUT2D eigenvalue weighted by Crippen LogP contribution is 2.16. The Balaban J connectivity index is 2.08. The lowest BCUT2D eigenvalue weighted by Crippen LogP contribution is -2.59. The van der Waals surface area contributed by atoms with E-state index < -0.39 is 29.6 Å². The number of nitrogens with one attached hydrogen (secondary N) is 2. The molecule has 1 unspecified atom stereocenters. The maximum atomic E-state index is 12.3. The fourth-order valence-electron chi connectivity index (χ4n) is 2.55. The van der Waals surface area contributed by atoms with Gasteiger partial charge in [0.2, 0.25) is 11.8 Å². The van der Waals surface area contributed by atoms with E-state index in [1.807, 2.05) is 0 Å². The normalized spacial score (nSPS) is 17.5. The average molecular weight is 361 g/mol. The average Bonchev–Trinajstić information content (AvgIpc) is 2.48. The molecule has 4 amide bonds. The topological polar surface area (TPSA) is 105 Å². The molecule has 1 aliphatic rings. The van der Waals surface area contributed by atoms with Crippen molar-refractivity contribution in [1.29, 1.82) is 0 Å². The number of hydrogen-bond acceptors (Lipinski definition) is 5. The van der Waals surface area contributed by atoms with Crippen LogP contribution in [0.2, 0.25) is 0 Å². The summed E-state index contributed by atoms with van der Waals surface area (Å²) in [5.41, 5.74) is 0.619. The molecule has 140 valence electrons. The van der Waals surface area contributed by atoms with Gasteiger partial charge < -0.3 is 10.1 Å². The molecule has 0 aliphatic carbocycles. The van der Waals surface area contributed by atoms with Crippen LogP contribution in [0.5, 0.6) is 0 Å². The SMILES string of the molecule is CC(=O)N1CC(=O)NC(Cc2cccc(NC(=O)OC(C)(C)C)c2)C1=O. The number of anilines is 1. The van der Waals surface area contributed by atoms with Crippen LogP contribution in [0.15, 0.2) is 24.3 Å². The summed E-state index contributed by atoms with van der Waals surface area (Å²) < 4.78 is 5.20. The van der Waals surface area contributed by atoms with Crippen molar-refractivity contribution in [3.8, 4) is 0 Å². The van der Waals surface area contributed by atoms with Gasteiger partial charge in [0.25, 0.3) is 5.91 Å². The minimum Gasteiger partial charge on any atom is -0.444 e. The van der Waals surface area contributed by atoms with Crippen LogP contribution in [-0.2, 0) is 25.5 Å². The van der Waals surface area contributed by atoms with Gasteiger partial charge in [-0.2, -0.15) is 0 Å². The highest BCUT2D eigenvalue weighted by Gasteiger charge is 2.34. The number of piperazine rings is 1. The minimum atomic E-state index is -0.822. The van der Waals surface area contributed by atoms with Crippen LogP contribution in [-0.4, -0.2) is 46.9 Å². The zero-order valence-corrected chi connectivity index (χ0v) is 15.3. The molecule has 2 rings (SSSR count). The Hall–Kier alpha value is -2.90. The molecule has 0 spiro atoms. The van der Waals surface area contributed by atoms with Crippen molar-refractivity contribution in [2.24, 2.45) is 0 Å². The minimum absolute atomic E-state index is 0.207. The molecule has 0 aromatic heterocycles. The predicted octanol–water partition coefficient (Wildman–Crippen LogP) is 1.45. The van der Waals surface area contributed by atoms with Gasteiger partial charge in [-0.25, -0.2) is 4.79 Å². The zero-order valence-electron chi connectivity index (χ0n) is 15.3. The van der Waals surface area contributed by atoms with Gasteiger partial charge in [0, 0.05) is 19.0 Å². The molecule has 1 atom stereocenters. The number of benzene rings is 1. The van der Waals surface area contributed by atoms with Crippen LogP contribution in [0.25, 0.3) is 0 Å². The molecule has 0 radical (unpaired) electrons. The number of rotatable bonds is 3. The highest BCUT2D eigenvalue weighted by atomic mass is 16.6. The van der Waals surface area contributed by atoms with Gasteiger partial charge in [0.1, 0.15) is 18.2 Å². The number of carbonyl (C=O) groups excluding carboxylic acids is 4. The lowest BCUT2D eigenvalue weighted by molar-refractivity contribution is -0.152. The predicted molar refractivity (Wildman–Crippen MR) is 94.3 cm³/mol. The first-order valence-electron chi connectivity index (χ1n) is 8.25. The molecule has 0 saturated carbocycles. The molecule has 26 heavy (non-hydrogen) atoms. The first-order chi connectivity index (χ1) is 12.0. The van der Waals surface area contributed by atoms with Gasteiger partial charge >= 0.3 is 6.09 Å². The Morgan fingerprint density at radius 3 is 2.62 bits per heavy atom. The van der Waals surface area contributed by atoms with E-state index in [9.17, 15) is 19.2 Å². The number of nitrogens with zero attached hydrogens (tertiary/aromatic N) is 1. The number of amides is 4. The number of ether oxygens (including phenoxy) is 1. The summed E-state index contributed by atoms with van der Waals surface area (Å²) in [4.78, 5) is 48.4. The molecule has 0 bridgehead atoms. The maximum Gasteiger partial charge on any atom is 0.412 e. The van der Waals surface area contributed by atoms with Crippen molar-refractivity contribution >= 4 is 29.5 Å². The Morgan fingerprint density at radius 1 is 1.31 bits per heavy atom. The fraction of sp³-hybridized carbons (Fsp3) is 0.444. The second kappa shape index (κ2) is 7.55. The van der Waals surface area contributed by atoms with Crippen molar-refractivity contribution in [3.63, 3.8) is 0 Å². The van der Waals surface area contributed by atoms with Crippen molar-refractivity contribution in [1.82, 2.24) is 10.2 Å². The van der Waals surface area contributed by atoms with Gasteiger partial charge in [0.15, 0.2) is 0 Å². The van der Waals surface area contributed by atoms with E-state index in [0.29, 0.717) is 5.69 Å². The maximum absolute atomic E-state index is 12.3. The number of imide groups is 1. The van der Waals surface area contributed by atoms with Crippen LogP contribution < -0.4 is 10.6 Å². The van der Waals surface area contributed by atoms with Crippen molar-refractivity contribution < 1.29 is 23.9 Å². The lowest BCUT2D eigenvalue weighted by Gasteiger charge is -2.30. The summed E-state index contributed by atoms with van der Waals surface area (Å²) in [6.07, 6.45) is -0.377.